The highest BCUT2D eigenvalue weighted by Crippen LogP contribution is 2.26. The van der Waals surface area contributed by atoms with Gasteiger partial charge in [-0.2, -0.15) is 0 Å². The van der Waals surface area contributed by atoms with Gasteiger partial charge in [0, 0.05) is 28.2 Å². The van der Waals surface area contributed by atoms with Gasteiger partial charge in [-0.05, 0) is 47.5 Å². The van der Waals surface area contributed by atoms with Crippen LogP contribution in [0.25, 0.3) is 0 Å². The third kappa shape index (κ3) is 8.33. The van der Waals surface area contributed by atoms with E-state index in [1.54, 1.807) is 24.3 Å². The first-order chi connectivity index (χ1) is 18.9. The number of amides is 2. The minimum absolute atomic E-state index is 0.0308. The molecule has 0 spiro atoms. The molecule has 0 bridgehead atoms. The Morgan fingerprint density at radius 2 is 1.36 bits per heavy atom. The maximum Gasteiger partial charge on any atom is 0.408 e. The number of carbonyl (C=O) groups excluding carboxylic acids is 3. The molecule has 0 unspecified atom stereocenters. The summed E-state index contributed by atoms with van der Waals surface area (Å²) in [5, 5.41) is 6.09. The molecule has 9 heteroatoms. The smallest absolute Gasteiger partial charge is 0.408 e. The van der Waals surface area contributed by atoms with Crippen molar-refractivity contribution in [1.29, 1.82) is 0 Å². The predicted molar refractivity (Wildman–Crippen MR) is 150 cm³/mol. The van der Waals surface area contributed by atoms with E-state index in [2.05, 4.69) is 10.6 Å². The molecule has 0 saturated heterocycles. The third-order valence-electron chi connectivity index (χ3n) is 5.57. The molecule has 7 nitrogen and oxygen atoms in total. The molecule has 4 aromatic rings. The minimum Gasteiger partial charge on any atom is -0.445 e. The zero-order valence-electron chi connectivity index (χ0n) is 20.6. The molecule has 0 heterocycles. The van der Waals surface area contributed by atoms with E-state index >= 15 is 0 Å². The van der Waals surface area contributed by atoms with Gasteiger partial charge in [0.1, 0.15) is 18.4 Å². The lowest BCUT2D eigenvalue weighted by Gasteiger charge is -2.19. The number of hydrogen-bond donors (Lipinski definition) is 2. The van der Waals surface area contributed by atoms with Crippen LogP contribution in [0.5, 0.6) is 5.75 Å². The van der Waals surface area contributed by atoms with Crippen molar-refractivity contribution in [2.24, 2.45) is 0 Å². The molecular weight excluding hydrogens is 539 g/mol. The van der Waals surface area contributed by atoms with Gasteiger partial charge < -0.3 is 20.1 Å². The SMILES string of the molecule is O=C(N[C@@H](Cc1ccccc1)C(=O)Oc1cc(Cl)ccc1C(=O)Nc1ccc(Cl)cc1)OCc1ccccc1. The molecule has 0 fully saturated rings. The van der Waals surface area contributed by atoms with Crippen LogP contribution in [-0.2, 0) is 22.6 Å². The Labute approximate surface area is 235 Å². The topological polar surface area (TPSA) is 93.7 Å². The Kier molecular flexibility index (Phi) is 9.56. The molecule has 0 saturated carbocycles. The number of rotatable bonds is 9. The average Bonchev–Trinajstić information content (AvgIpc) is 2.94. The summed E-state index contributed by atoms with van der Waals surface area (Å²) in [6, 6.07) is 28.1. The fraction of sp³-hybridized carbons (Fsp3) is 0.100. The van der Waals surface area contributed by atoms with Crippen LogP contribution in [0.2, 0.25) is 10.0 Å². The average molecular weight is 563 g/mol. The number of esters is 1. The number of nitrogens with one attached hydrogen (secondary N) is 2. The predicted octanol–water partition coefficient (Wildman–Crippen LogP) is 6.69. The quantitative estimate of drug-likeness (QED) is 0.175. The van der Waals surface area contributed by atoms with Crippen molar-refractivity contribution in [2.75, 3.05) is 5.32 Å². The van der Waals surface area contributed by atoms with E-state index in [1.165, 1.54) is 18.2 Å². The maximum atomic E-state index is 13.3. The molecule has 2 N–H and O–H groups in total. The van der Waals surface area contributed by atoms with Crippen LogP contribution < -0.4 is 15.4 Å². The summed E-state index contributed by atoms with van der Waals surface area (Å²) >= 11 is 12.1. The van der Waals surface area contributed by atoms with Crippen molar-refractivity contribution in [3.63, 3.8) is 0 Å². The first-order valence-corrected chi connectivity index (χ1v) is 12.7. The number of anilines is 1. The van der Waals surface area contributed by atoms with Gasteiger partial charge in [0.15, 0.2) is 0 Å². The number of hydrogen-bond acceptors (Lipinski definition) is 5. The van der Waals surface area contributed by atoms with E-state index in [4.69, 9.17) is 32.7 Å². The molecule has 4 rings (SSSR count). The lowest BCUT2D eigenvalue weighted by molar-refractivity contribution is -0.136. The maximum absolute atomic E-state index is 13.3. The van der Waals surface area contributed by atoms with Crippen LogP contribution >= 0.6 is 23.2 Å². The van der Waals surface area contributed by atoms with Crippen molar-refractivity contribution in [3.05, 3.63) is 130 Å². The Balaban J connectivity index is 1.50. The molecule has 0 aliphatic rings. The molecule has 4 aromatic carbocycles. The van der Waals surface area contributed by atoms with Gasteiger partial charge in [-0.15, -0.1) is 0 Å². The fourth-order valence-corrected chi connectivity index (χ4v) is 3.92. The Bertz CT molecular complexity index is 1430. The zero-order chi connectivity index (χ0) is 27.6. The summed E-state index contributed by atoms with van der Waals surface area (Å²) in [6.07, 6.45) is -0.656. The second-order valence-corrected chi connectivity index (χ2v) is 9.34. The van der Waals surface area contributed by atoms with Gasteiger partial charge in [-0.25, -0.2) is 9.59 Å². The summed E-state index contributed by atoms with van der Waals surface area (Å²) in [6.45, 7) is 0.0308. The molecule has 0 radical (unpaired) electrons. The summed E-state index contributed by atoms with van der Waals surface area (Å²) in [5.41, 5.74) is 2.16. The molecule has 0 aliphatic carbocycles. The fourth-order valence-electron chi connectivity index (χ4n) is 3.63. The van der Waals surface area contributed by atoms with Crippen molar-refractivity contribution >= 4 is 46.9 Å². The summed E-state index contributed by atoms with van der Waals surface area (Å²) < 4.78 is 10.9. The Morgan fingerprint density at radius 1 is 0.744 bits per heavy atom. The number of carbonyl (C=O) groups is 3. The van der Waals surface area contributed by atoms with E-state index in [0.717, 1.165) is 11.1 Å². The second-order valence-electron chi connectivity index (χ2n) is 8.47. The summed E-state index contributed by atoms with van der Waals surface area (Å²) in [4.78, 5) is 38.9. The van der Waals surface area contributed by atoms with Gasteiger partial charge >= 0.3 is 12.1 Å². The lowest BCUT2D eigenvalue weighted by atomic mass is 10.1. The van der Waals surface area contributed by atoms with Gasteiger partial charge in [-0.1, -0.05) is 83.9 Å². The first-order valence-electron chi connectivity index (χ1n) is 12.0. The van der Waals surface area contributed by atoms with Crippen LogP contribution in [0.15, 0.2) is 103 Å². The highest BCUT2D eigenvalue weighted by molar-refractivity contribution is 6.31. The third-order valence-corrected chi connectivity index (χ3v) is 6.06. The first kappa shape index (κ1) is 27.7. The molecule has 0 aromatic heterocycles. The van der Waals surface area contributed by atoms with Gasteiger partial charge in [0.05, 0.1) is 5.56 Å². The minimum atomic E-state index is -1.11. The van der Waals surface area contributed by atoms with E-state index in [9.17, 15) is 14.4 Å². The van der Waals surface area contributed by atoms with Gasteiger partial charge in [-0.3, -0.25) is 4.79 Å². The van der Waals surface area contributed by atoms with Crippen molar-refractivity contribution in [2.45, 2.75) is 19.1 Å². The number of ether oxygens (including phenoxy) is 2. The monoisotopic (exact) mass is 562 g/mol. The van der Waals surface area contributed by atoms with Gasteiger partial charge in [0.25, 0.3) is 5.91 Å². The zero-order valence-corrected chi connectivity index (χ0v) is 22.1. The molecular formula is C30H24Cl2N2O5. The normalized spacial score (nSPS) is 11.2. The molecule has 1 atom stereocenters. The summed E-state index contributed by atoms with van der Waals surface area (Å²) in [5.74, 6) is -1.37. The number of benzene rings is 4. The van der Waals surface area contributed by atoms with Crippen LogP contribution in [0.1, 0.15) is 21.5 Å². The van der Waals surface area contributed by atoms with E-state index in [-0.39, 0.29) is 29.4 Å². The van der Waals surface area contributed by atoms with Crippen molar-refractivity contribution in [3.8, 4) is 5.75 Å². The molecule has 39 heavy (non-hydrogen) atoms. The number of alkyl carbamates (subject to hydrolysis) is 1. The van der Waals surface area contributed by atoms with Gasteiger partial charge in [0.2, 0.25) is 0 Å². The van der Waals surface area contributed by atoms with E-state index in [0.29, 0.717) is 10.7 Å². The molecule has 2 amide bonds. The molecule has 198 valence electrons. The highest BCUT2D eigenvalue weighted by atomic mass is 35.5. The standard InChI is InChI=1S/C30H24Cl2N2O5/c31-22-11-14-24(15-12-22)33-28(35)25-16-13-23(32)18-27(25)39-29(36)26(17-20-7-3-1-4-8-20)34-30(37)38-19-21-9-5-2-6-10-21/h1-16,18,26H,17,19H2,(H,33,35)(H,34,37)/t26-/m0/s1. The second kappa shape index (κ2) is 13.5. The van der Waals surface area contributed by atoms with Crippen LogP contribution in [-0.4, -0.2) is 24.0 Å². The van der Waals surface area contributed by atoms with Crippen molar-refractivity contribution in [1.82, 2.24) is 5.32 Å². The van der Waals surface area contributed by atoms with Crippen molar-refractivity contribution < 1.29 is 23.9 Å². The highest BCUT2D eigenvalue weighted by Gasteiger charge is 2.26. The van der Waals surface area contributed by atoms with Crippen LogP contribution in [0.3, 0.4) is 0 Å². The van der Waals surface area contributed by atoms with E-state index < -0.39 is 24.0 Å². The van der Waals surface area contributed by atoms with Crippen LogP contribution in [0, 0.1) is 0 Å². The Morgan fingerprint density at radius 3 is 2.03 bits per heavy atom. The largest absolute Gasteiger partial charge is 0.445 e. The number of halogens is 2. The van der Waals surface area contributed by atoms with E-state index in [1.807, 2.05) is 60.7 Å². The van der Waals surface area contributed by atoms with Crippen LogP contribution in [0.4, 0.5) is 10.5 Å². The summed E-state index contributed by atoms with van der Waals surface area (Å²) in [7, 11) is 0. The molecule has 0 aliphatic heterocycles. The lowest BCUT2D eigenvalue weighted by Crippen LogP contribution is -2.44. The Hall–Kier alpha value is -4.33.